The number of hydrogen-bond donors (Lipinski definition) is 1. The first-order chi connectivity index (χ1) is 15.0. The normalized spacial score (nSPS) is 24.5. The number of nitrogens with zero attached hydrogens (tertiary/aromatic N) is 1. The Bertz CT molecular complexity index is 977. The predicted molar refractivity (Wildman–Crippen MR) is 123 cm³/mol. The zero-order valence-electron chi connectivity index (χ0n) is 18.1. The summed E-state index contributed by atoms with van der Waals surface area (Å²) in [5.41, 5.74) is 4.66. The van der Waals surface area contributed by atoms with E-state index in [0.29, 0.717) is 35.7 Å². The largest absolute Gasteiger partial charge is 0.490 e. The summed E-state index contributed by atoms with van der Waals surface area (Å²) in [7, 11) is 0. The van der Waals surface area contributed by atoms with Crippen molar-refractivity contribution in [3.8, 4) is 11.5 Å². The molecule has 0 aromatic heterocycles. The topological polar surface area (TPSA) is 59.9 Å². The molecule has 1 N–H and O–H groups in total. The van der Waals surface area contributed by atoms with Crippen molar-refractivity contribution >= 4 is 23.7 Å². The maximum atomic E-state index is 12.6. The molecular weight excluding hydrogens is 412 g/mol. The molecule has 2 aromatic carbocycles. The second kappa shape index (κ2) is 9.31. The first-order valence-electron chi connectivity index (χ1n) is 11.0. The number of nitrogens with one attached hydrogen (secondary N) is 1. The van der Waals surface area contributed by atoms with Gasteiger partial charge in [-0.2, -0.15) is 5.10 Å². The number of halogens is 1. The Hall–Kier alpha value is -2.53. The second-order valence-electron chi connectivity index (χ2n) is 8.59. The summed E-state index contributed by atoms with van der Waals surface area (Å²) in [6, 6.07) is 13.2. The molecule has 0 unspecified atom stereocenters. The van der Waals surface area contributed by atoms with Crippen LogP contribution in [0.4, 0.5) is 0 Å². The minimum Gasteiger partial charge on any atom is -0.490 e. The summed E-state index contributed by atoms with van der Waals surface area (Å²) in [4.78, 5) is 12.6. The molecule has 1 amide bonds. The summed E-state index contributed by atoms with van der Waals surface area (Å²) < 4.78 is 11.7. The fourth-order valence-electron chi connectivity index (χ4n) is 4.85. The highest BCUT2D eigenvalue weighted by atomic mass is 35.5. The van der Waals surface area contributed by atoms with Gasteiger partial charge >= 0.3 is 0 Å². The van der Waals surface area contributed by atoms with Crippen LogP contribution in [0.2, 0.25) is 5.02 Å². The lowest BCUT2D eigenvalue weighted by molar-refractivity contribution is -0.123. The third-order valence-electron chi connectivity index (χ3n) is 6.61. The van der Waals surface area contributed by atoms with Crippen LogP contribution in [0.3, 0.4) is 0 Å². The van der Waals surface area contributed by atoms with Gasteiger partial charge in [-0.3, -0.25) is 4.79 Å². The fourth-order valence-corrected chi connectivity index (χ4v) is 5.04. The average molecular weight is 441 g/mol. The van der Waals surface area contributed by atoms with Crippen LogP contribution >= 0.6 is 11.6 Å². The Morgan fingerprint density at radius 3 is 2.81 bits per heavy atom. The molecule has 0 radical (unpaired) electrons. The molecular formula is C25H29ClN2O3. The van der Waals surface area contributed by atoms with E-state index in [-0.39, 0.29) is 17.2 Å². The standard InChI is InChI=1S/C25H29ClN2O3/c1-3-30-22-14-17(11-12-21(22)31-16-18-8-4-5-10-20(18)26)15-27-28-24(29)23-19-9-6-7-13-25(19,23)2/h4-5,8,10-12,14-15,19,23H,3,6-7,9,13,16H2,1-2H3,(H,28,29)/b27-15-/t19-,23-,25-/m0/s1. The summed E-state index contributed by atoms with van der Waals surface area (Å²) in [5.74, 6) is 1.93. The Balaban J connectivity index is 1.38. The SMILES string of the molecule is CCOc1cc(/C=N\NC(=O)[C@@H]2[C@@H]3CCCC[C@]23C)ccc1OCc1ccccc1Cl. The number of amides is 1. The van der Waals surface area contributed by atoms with E-state index in [1.165, 1.54) is 12.8 Å². The maximum absolute atomic E-state index is 12.6. The van der Waals surface area contributed by atoms with E-state index in [1.807, 2.05) is 49.4 Å². The Morgan fingerprint density at radius 1 is 1.23 bits per heavy atom. The quantitative estimate of drug-likeness (QED) is 0.429. The van der Waals surface area contributed by atoms with Crippen LogP contribution in [0.15, 0.2) is 47.6 Å². The molecule has 2 aliphatic rings. The van der Waals surface area contributed by atoms with Gasteiger partial charge in [-0.1, -0.05) is 49.6 Å². The zero-order chi connectivity index (χ0) is 21.8. The van der Waals surface area contributed by atoms with Gasteiger partial charge in [0.25, 0.3) is 0 Å². The van der Waals surface area contributed by atoms with Gasteiger partial charge in [-0.05, 0) is 60.9 Å². The van der Waals surface area contributed by atoms with Crippen LogP contribution in [0.25, 0.3) is 0 Å². The zero-order valence-corrected chi connectivity index (χ0v) is 18.8. The van der Waals surface area contributed by atoms with Gasteiger partial charge in [0.2, 0.25) is 5.91 Å². The third-order valence-corrected chi connectivity index (χ3v) is 6.98. The van der Waals surface area contributed by atoms with Gasteiger partial charge in [-0.25, -0.2) is 5.43 Å². The minimum atomic E-state index is 0.0374. The van der Waals surface area contributed by atoms with Crippen LogP contribution in [-0.2, 0) is 11.4 Å². The number of carbonyl (C=O) groups excluding carboxylic acids is 1. The summed E-state index contributed by atoms with van der Waals surface area (Å²) in [5, 5.41) is 4.86. The van der Waals surface area contributed by atoms with Gasteiger partial charge in [0.15, 0.2) is 11.5 Å². The van der Waals surface area contributed by atoms with E-state index in [1.54, 1.807) is 6.21 Å². The van der Waals surface area contributed by atoms with E-state index in [4.69, 9.17) is 21.1 Å². The predicted octanol–water partition coefficient (Wildman–Crippen LogP) is 5.59. The third kappa shape index (κ3) is 4.72. The highest BCUT2D eigenvalue weighted by Crippen LogP contribution is 2.66. The highest BCUT2D eigenvalue weighted by molar-refractivity contribution is 6.31. The van der Waals surface area contributed by atoms with Crippen LogP contribution in [0.1, 0.15) is 50.7 Å². The lowest BCUT2D eigenvalue weighted by atomic mass is 9.90. The Kier molecular flexibility index (Phi) is 6.51. The van der Waals surface area contributed by atoms with E-state index >= 15 is 0 Å². The molecule has 6 heteroatoms. The highest BCUT2D eigenvalue weighted by Gasteiger charge is 2.64. The van der Waals surface area contributed by atoms with Crippen molar-refractivity contribution in [1.29, 1.82) is 0 Å². The Morgan fingerprint density at radius 2 is 2.06 bits per heavy atom. The van der Waals surface area contributed by atoms with Crippen molar-refractivity contribution in [3.05, 3.63) is 58.6 Å². The monoisotopic (exact) mass is 440 g/mol. The van der Waals surface area contributed by atoms with Gasteiger partial charge < -0.3 is 9.47 Å². The first-order valence-corrected chi connectivity index (χ1v) is 11.4. The number of benzene rings is 2. The van der Waals surface area contributed by atoms with E-state index < -0.39 is 0 Å². The summed E-state index contributed by atoms with van der Waals surface area (Å²) in [6.07, 6.45) is 6.41. The summed E-state index contributed by atoms with van der Waals surface area (Å²) >= 11 is 6.21. The van der Waals surface area contributed by atoms with Crippen LogP contribution in [0, 0.1) is 17.3 Å². The van der Waals surface area contributed by atoms with Crippen molar-refractivity contribution < 1.29 is 14.3 Å². The molecule has 2 fully saturated rings. The molecule has 5 nitrogen and oxygen atoms in total. The number of hydrazone groups is 1. The van der Waals surface area contributed by atoms with Gasteiger partial charge in [0.05, 0.1) is 12.8 Å². The maximum Gasteiger partial charge on any atom is 0.244 e. The summed E-state index contributed by atoms with van der Waals surface area (Å²) in [6.45, 7) is 5.03. The molecule has 0 saturated heterocycles. The van der Waals surface area contributed by atoms with Crippen molar-refractivity contribution in [2.45, 2.75) is 46.1 Å². The minimum absolute atomic E-state index is 0.0374. The molecule has 4 rings (SSSR count). The average Bonchev–Trinajstić information content (AvgIpc) is 3.40. The molecule has 2 saturated carbocycles. The molecule has 0 aliphatic heterocycles. The fraction of sp³-hybridized carbons (Fsp3) is 0.440. The van der Waals surface area contributed by atoms with Crippen LogP contribution < -0.4 is 14.9 Å². The van der Waals surface area contributed by atoms with Crippen molar-refractivity contribution in [2.75, 3.05) is 6.61 Å². The molecule has 0 heterocycles. The molecule has 0 spiro atoms. The molecule has 164 valence electrons. The number of carbonyl (C=O) groups is 1. The van der Waals surface area contributed by atoms with Gasteiger partial charge in [-0.15, -0.1) is 0 Å². The number of fused-ring (bicyclic) bond motifs is 1. The molecule has 31 heavy (non-hydrogen) atoms. The second-order valence-corrected chi connectivity index (χ2v) is 9.00. The lowest BCUT2D eigenvalue weighted by Gasteiger charge is -2.15. The molecule has 3 atom stereocenters. The van der Waals surface area contributed by atoms with Crippen molar-refractivity contribution in [3.63, 3.8) is 0 Å². The number of ether oxygens (including phenoxy) is 2. The van der Waals surface area contributed by atoms with Gasteiger partial charge in [0, 0.05) is 16.5 Å². The Labute approximate surface area is 188 Å². The van der Waals surface area contributed by atoms with E-state index in [0.717, 1.165) is 24.0 Å². The molecule has 2 aliphatic carbocycles. The molecule has 0 bridgehead atoms. The number of rotatable bonds is 8. The van der Waals surface area contributed by atoms with Crippen molar-refractivity contribution in [2.24, 2.45) is 22.4 Å². The first kappa shape index (κ1) is 21.7. The molecule has 2 aromatic rings. The van der Waals surface area contributed by atoms with Crippen LogP contribution in [-0.4, -0.2) is 18.7 Å². The van der Waals surface area contributed by atoms with Crippen LogP contribution in [0.5, 0.6) is 11.5 Å². The van der Waals surface area contributed by atoms with E-state index in [2.05, 4.69) is 17.5 Å². The lowest BCUT2D eigenvalue weighted by Crippen LogP contribution is -2.22. The van der Waals surface area contributed by atoms with Crippen molar-refractivity contribution in [1.82, 2.24) is 5.43 Å². The van der Waals surface area contributed by atoms with E-state index in [9.17, 15) is 4.79 Å². The number of hydrogen-bond acceptors (Lipinski definition) is 4. The smallest absolute Gasteiger partial charge is 0.244 e. The van der Waals surface area contributed by atoms with Gasteiger partial charge in [0.1, 0.15) is 6.61 Å².